The summed E-state index contributed by atoms with van der Waals surface area (Å²) in [5.41, 5.74) is 0.732. The molecule has 98 valence electrons. The molecule has 3 N–H and O–H groups in total. The molecule has 0 aliphatic carbocycles. The van der Waals surface area contributed by atoms with E-state index >= 15 is 0 Å². The Hall–Kier alpha value is -1.11. The van der Waals surface area contributed by atoms with E-state index in [4.69, 9.17) is 9.63 Å². The van der Waals surface area contributed by atoms with Gasteiger partial charge in [-0.3, -0.25) is 4.79 Å². The summed E-state index contributed by atoms with van der Waals surface area (Å²) in [6.45, 7) is 2.66. The van der Waals surface area contributed by atoms with Gasteiger partial charge in [-0.1, -0.05) is 0 Å². The fraction of sp³-hybridized carbons (Fsp3) is 0.727. The second-order valence-electron chi connectivity index (χ2n) is 5.10. The quantitative estimate of drug-likeness (QED) is 0.601. The molecular weight excluding hydrogens is 222 g/mol. The van der Waals surface area contributed by atoms with Gasteiger partial charge in [0, 0.05) is 0 Å². The minimum Gasteiger partial charge on any atom is -0.391 e. The maximum absolute atomic E-state index is 10.9. The summed E-state index contributed by atoms with van der Waals surface area (Å²) in [4.78, 5) is 10.9. The van der Waals surface area contributed by atoms with Crippen LogP contribution in [0.25, 0.3) is 0 Å². The summed E-state index contributed by atoms with van der Waals surface area (Å²) < 4.78 is 5.73. The molecule has 0 saturated carbocycles. The van der Waals surface area contributed by atoms with Crippen LogP contribution >= 0.6 is 0 Å². The Kier molecular flexibility index (Phi) is 4.92. The number of nitrogens with zero attached hydrogens (tertiary/aromatic N) is 1. The van der Waals surface area contributed by atoms with Crippen molar-refractivity contribution in [1.29, 1.82) is 0 Å². The van der Waals surface area contributed by atoms with Gasteiger partial charge in [0.15, 0.2) is 5.76 Å². The largest absolute Gasteiger partial charge is 0.391 e. The molecule has 1 aromatic rings. The molecule has 0 saturated heterocycles. The molecule has 17 heavy (non-hydrogen) atoms. The third-order valence-electron chi connectivity index (χ3n) is 2.49. The van der Waals surface area contributed by atoms with E-state index in [9.17, 15) is 4.79 Å². The Morgan fingerprint density at radius 1 is 1.41 bits per heavy atom. The monoisotopic (exact) mass is 244 g/mol. The third-order valence-corrected chi connectivity index (χ3v) is 2.49. The Labute approximate surface area is 101 Å². The lowest BCUT2D eigenvalue weighted by atomic mass is 10.1. The second kappa shape index (κ2) is 6.00. The molecule has 1 aliphatic rings. The van der Waals surface area contributed by atoms with Crippen molar-refractivity contribution in [3.05, 3.63) is 21.7 Å². The first-order valence-corrected chi connectivity index (χ1v) is 5.75. The van der Waals surface area contributed by atoms with Crippen LogP contribution in [-0.4, -0.2) is 55.6 Å². The van der Waals surface area contributed by atoms with Crippen molar-refractivity contribution in [3.8, 4) is 0 Å². The molecular formula is C11H22N3O3+. The number of aromatic amines is 1. The molecule has 0 atom stereocenters. The Balaban J connectivity index is 0.000000185. The number of likely N-dealkylation sites (N-methyl/N-ethyl adjacent to an activating group) is 1. The van der Waals surface area contributed by atoms with E-state index in [0.29, 0.717) is 6.54 Å². The maximum atomic E-state index is 10.9. The van der Waals surface area contributed by atoms with Crippen molar-refractivity contribution < 1.29 is 14.1 Å². The SMILES string of the molecule is C[N+](C)(C)CCO.O=c1[nH]oc2c1CCNC2. The van der Waals surface area contributed by atoms with Gasteiger partial charge in [-0.2, -0.15) is 5.16 Å². The molecule has 2 rings (SSSR count). The predicted octanol–water partition coefficient (Wildman–Crippen LogP) is -0.701. The van der Waals surface area contributed by atoms with Gasteiger partial charge < -0.3 is 19.4 Å². The van der Waals surface area contributed by atoms with Gasteiger partial charge in [0.05, 0.1) is 39.9 Å². The molecule has 0 bridgehead atoms. The molecule has 0 aromatic carbocycles. The first-order chi connectivity index (χ1) is 7.94. The maximum Gasteiger partial charge on any atom is 0.283 e. The molecule has 0 fully saturated rings. The zero-order valence-electron chi connectivity index (χ0n) is 10.7. The molecule has 0 unspecified atom stereocenters. The second-order valence-corrected chi connectivity index (χ2v) is 5.10. The number of hydrogen-bond acceptors (Lipinski definition) is 4. The first-order valence-electron chi connectivity index (χ1n) is 5.75. The fourth-order valence-electron chi connectivity index (χ4n) is 1.47. The molecule has 0 radical (unpaired) electrons. The lowest BCUT2D eigenvalue weighted by molar-refractivity contribution is -0.870. The summed E-state index contributed by atoms with van der Waals surface area (Å²) in [7, 11) is 6.16. The van der Waals surface area contributed by atoms with Gasteiger partial charge in [-0.05, 0) is 13.0 Å². The van der Waals surface area contributed by atoms with Crippen LogP contribution in [0.5, 0.6) is 0 Å². The van der Waals surface area contributed by atoms with E-state index in [2.05, 4.69) is 31.6 Å². The van der Waals surface area contributed by atoms with Gasteiger partial charge in [-0.15, -0.1) is 0 Å². The van der Waals surface area contributed by atoms with Crippen LogP contribution in [0, 0.1) is 0 Å². The average molecular weight is 244 g/mol. The van der Waals surface area contributed by atoms with E-state index < -0.39 is 0 Å². The van der Waals surface area contributed by atoms with Crippen LogP contribution in [0.3, 0.4) is 0 Å². The van der Waals surface area contributed by atoms with E-state index in [1.165, 1.54) is 0 Å². The third kappa shape index (κ3) is 4.72. The summed E-state index contributed by atoms with van der Waals surface area (Å²) >= 11 is 0. The number of rotatable bonds is 2. The van der Waals surface area contributed by atoms with E-state index in [1.54, 1.807) is 0 Å². The highest BCUT2D eigenvalue weighted by molar-refractivity contribution is 5.16. The van der Waals surface area contributed by atoms with Crippen LogP contribution in [-0.2, 0) is 13.0 Å². The van der Waals surface area contributed by atoms with Crippen LogP contribution in [0.2, 0.25) is 0 Å². The molecule has 6 heteroatoms. The Morgan fingerprint density at radius 2 is 2.12 bits per heavy atom. The van der Waals surface area contributed by atoms with E-state index in [0.717, 1.165) is 35.3 Å². The summed E-state index contributed by atoms with van der Waals surface area (Å²) in [5.74, 6) is 0.760. The van der Waals surface area contributed by atoms with Gasteiger partial charge in [-0.25, -0.2) is 0 Å². The highest BCUT2D eigenvalue weighted by Crippen LogP contribution is 2.06. The molecule has 1 aliphatic heterocycles. The number of aliphatic hydroxyl groups excluding tert-OH is 1. The number of nitrogens with one attached hydrogen (secondary N) is 2. The van der Waals surface area contributed by atoms with E-state index in [-0.39, 0.29) is 12.2 Å². The lowest BCUT2D eigenvalue weighted by Gasteiger charge is -2.21. The zero-order chi connectivity index (χ0) is 12.9. The molecule has 0 spiro atoms. The number of fused-ring (bicyclic) bond motifs is 1. The first kappa shape index (κ1) is 14.0. The number of H-pyrrole nitrogens is 1. The van der Waals surface area contributed by atoms with Crippen LogP contribution in [0.1, 0.15) is 11.3 Å². The smallest absolute Gasteiger partial charge is 0.283 e. The predicted molar refractivity (Wildman–Crippen MR) is 64.7 cm³/mol. The number of quaternary nitrogens is 1. The number of aliphatic hydroxyl groups is 1. The Bertz CT molecular complexity index is 389. The van der Waals surface area contributed by atoms with Gasteiger partial charge >= 0.3 is 0 Å². The minimum atomic E-state index is -0.0727. The van der Waals surface area contributed by atoms with E-state index in [1.807, 2.05) is 0 Å². The highest BCUT2D eigenvalue weighted by atomic mass is 16.5. The standard InChI is InChI=1S/C6H8N2O2.C5H14NO/c9-6-4-1-2-7-3-5(4)10-8-6;1-6(2,3)4-5-7/h7H,1-3H2,(H,8,9);7H,4-5H2,1-3H3/q;+1. The van der Waals surface area contributed by atoms with Crippen LogP contribution in [0.4, 0.5) is 0 Å². The average Bonchev–Trinajstić information content (AvgIpc) is 2.61. The normalized spacial score (nSPS) is 14.8. The fourth-order valence-corrected chi connectivity index (χ4v) is 1.47. The van der Waals surface area contributed by atoms with Gasteiger partial charge in [0.2, 0.25) is 0 Å². The van der Waals surface area contributed by atoms with Crippen molar-refractivity contribution in [1.82, 2.24) is 10.5 Å². The van der Waals surface area contributed by atoms with Gasteiger partial charge in [0.25, 0.3) is 5.56 Å². The molecule has 0 amide bonds. The van der Waals surface area contributed by atoms with Crippen molar-refractivity contribution in [2.75, 3.05) is 40.8 Å². The Morgan fingerprint density at radius 3 is 2.59 bits per heavy atom. The number of hydrogen-bond donors (Lipinski definition) is 3. The lowest BCUT2D eigenvalue weighted by Crippen LogP contribution is -2.36. The summed E-state index contributed by atoms with van der Waals surface area (Å²) in [6.07, 6.45) is 0.779. The van der Waals surface area contributed by atoms with Gasteiger partial charge in [0.1, 0.15) is 6.54 Å². The molecule has 6 nitrogen and oxygen atoms in total. The summed E-state index contributed by atoms with van der Waals surface area (Å²) in [6, 6.07) is 0. The van der Waals surface area contributed by atoms with Crippen molar-refractivity contribution >= 4 is 0 Å². The molecule has 2 heterocycles. The van der Waals surface area contributed by atoms with Crippen molar-refractivity contribution in [2.45, 2.75) is 13.0 Å². The highest BCUT2D eigenvalue weighted by Gasteiger charge is 2.15. The van der Waals surface area contributed by atoms with Crippen LogP contribution in [0.15, 0.2) is 9.32 Å². The van der Waals surface area contributed by atoms with Crippen molar-refractivity contribution in [3.63, 3.8) is 0 Å². The van der Waals surface area contributed by atoms with Crippen molar-refractivity contribution in [2.24, 2.45) is 0 Å². The zero-order valence-corrected chi connectivity index (χ0v) is 10.7. The number of aromatic nitrogens is 1. The minimum absolute atomic E-state index is 0.0727. The summed E-state index contributed by atoms with van der Waals surface area (Å²) in [5, 5.41) is 13.8. The molecule has 1 aromatic heterocycles. The van der Waals surface area contributed by atoms with Crippen LogP contribution < -0.4 is 10.9 Å². The topological polar surface area (TPSA) is 78.3 Å².